The third kappa shape index (κ3) is 2.26. The minimum absolute atomic E-state index is 0.0328. The van der Waals surface area contributed by atoms with Crippen LogP contribution >= 0.6 is 0 Å². The smallest absolute Gasteiger partial charge is 0.141 e. The van der Waals surface area contributed by atoms with E-state index >= 15 is 0 Å². The number of hydrogen-bond donors (Lipinski definition) is 1. The Hall–Kier alpha value is -1.75. The topological polar surface area (TPSA) is 50.9 Å². The lowest BCUT2D eigenvalue weighted by molar-refractivity contribution is 0.0959. The number of aromatic nitrogens is 3. The molecule has 3 heterocycles. The van der Waals surface area contributed by atoms with Gasteiger partial charge in [-0.2, -0.15) is 5.10 Å². The maximum absolute atomic E-state index is 13.0. The molecule has 1 aliphatic rings. The van der Waals surface area contributed by atoms with Gasteiger partial charge in [0.1, 0.15) is 11.5 Å². The summed E-state index contributed by atoms with van der Waals surface area (Å²) < 4.78 is 52.7. The van der Waals surface area contributed by atoms with Crippen LogP contribution in [0.4, 0.5) is 4.39 Å². The van der Waals surface area contributed by atoms with Gasteiger partial charge in [-0.1, -0.05) is 6.85 Å². The number of halogens is 1. The summed E-state index contributed by atoms with van der Waals surface area (Å²) in [6.45, 7) is -5.84. The van der Waals surface area contributed by atoms with Crippen LogP contribution in [0.25, 0.3) is 11.4 Å². The van der Waals surface area contributed by atoms with Gasteiger partial charge in [-0.05, 0) is 31.0 Å². The van der Waals surface area contributed by atoms with Crippen LogP contribution in [0.2, 0.25) is 0 Å². The van der Waals surface area contributed by atoms with Gasteiger partial charge in [0.2, 0.25) is 0 Å². The van der Waals surface area contributed by atoms with Crippen LogP contribution < -0.4 is 0 Å². The molecule has 2 aromatic rings. The molecule has 100 valence electrons. The zero-order valence-electron chi connectivity index (χ0n) is 15.1. The van der Waals surface area contributed by atoms with Crippen molar-refractivity contribution in [3.05, 3.63) is 35.9 Å². The molecule has 0 radical (unpaired) electrons. The molecule has 0 amide bonds. The number of fused-ring (bicyclic) bond motifs is 1. The molecule has 19 heavy (non-hydrogen) atoms. The number of rotatable bonds is 2. The SMILES string of the molecule is [2H]C([2H])([2H])C1(C([2H])([2H])O)CCc2cc(-c3ccc(F)cn3)nn2C1. The van der Waals surface area contributed by atoms with E-state index in [1.165, 1.54) is 16.8 Å². The average molecular weight is 266 g/mol. The third-order valence-corrected chi connectivity index (χ3v) is 3.29. The second-order valence-electron chi connectivity index (χ2n) is 4.73. The van der Waals surface area contributed by atoms with Gasteiger partial charge >= 0.3 is 0 Å². The van der Waals surface area contributed by atoms with Crippen LogP contribution in [0.3, 0.4) is 0 Å². The molecule has 4 nitrogen and oxygen atoms in total. The molecule has 1 aliphatic heterocycles. The van der Waals surface area contributed by atoms with E-state index in [0.717, 1.165) is 11.9 Å². The van der Waals surface area contributed by atoms with Crippen LogP contribution in [0.1, 0.15) is 25.8 Å². The molecule has 0 aromatic carbocycles. The van der Waals surface area contributed by atoms with E-state index in [1.54, 1.807) is 6.07 Å². The molecule has 2 aromatic heterocycles. The van der Waals surface area contributed by atoms with Crippen LogP contribution in [0.5, 0.6) is 0 Å². The fourth-order valence-electron chi connectivity index (χ4n) is 2.21. The molecule has 1 unspecified atom stereocenters. The first-order valence-corrected chi connectivity index (χ1v) is 5.95. The Kier molecular flexibility index (Phi) is 1.80. The number of aryl methyl sites for hydroxylation is 1. The van der Waals surface area contributed by atoms with E-state index in [-0.39, 0.29) is 19.4 Å². The van der Waals surface area contributed by atoms with Crippen molar-refractivity contribution in [1.29, 1.82) is 0 Å². The van der Waals surface area contributed by atoms with E-state index in [1.807, 2.05) is 0 Å². The molecule has 5 heteroatoms. The van der Waals surface area contributed by atoms with Gasteiger partial charge in [0, 0.05) is 21.8 Å². The summed E-state index contributed by atoms with van der Waals surface area (Å²) >= 11 is 0. The standard InChI is InChI=1S/C14H16FN3O/c1-14(9-19)5-4-11-6-13(17-18(11)8-14)12-3-2-10(15)7-16-12/h2-3,6-7,19H,4-5,8-9H2,1H3/i1D3,9D2. The van der Waals surface area contributed by atoms with Gasteiger partial charge in [0.05, 0.1) is 21.2 Å². The molecule has 0 saturated carbocycles. The lowest BCUT2D eigenvalue weighted by Gasteiger charge is -2.32. The van der Waals surface area contributed by atoms with Gasteiger partial charge in [-0.3, -0.25) is 9.67 Å². The zero-order valence-corrected chi connectivity index (χ0v) is 10.1. The van der Waals surface area contributed by atoms with E-state index in [0.29, 0.717) is 11.4 Å². The Balaban J connectivity index is 2.00. The summed E-state index contributed by atoms with van der Waals surface area (Å²) in [6, 6.07) is 4.43. The quantitative estimate of drug-likeness (QED) is 0.905. The van der Waals surface area contributed by atoms with Gasteiger partial charge < -0.3 is 5.11 Å². The third-order valence-electron chi connectivity index (χ3n) is 3.29. The van der Waals surface area contributed by atoms with Gasteiger partial charge in [-0.15, -0.1) is 0 Å². The molecular formula is C14H16FN3O. The summed E-state index contributed by atoms with van der Waals surface area (Å²) in [4.78, 5) is 3.94. The maximum atomic E-state index is 13.0. The van der Waals surface area contributed by atoms with Crippen LogP contribution in [-0.2, 0) is 13.0 Å². The van der Waals surface area contributed by atoms with E-state index in [9.17, 15) is 9.50 Å². The molecule has 0 aliphatic carbocycles. The number of nitrogens with zero attached hydrogens (tertiary/aromatic N) is 3. The summed E-state index contributed by atoms with van der Waals surface area (Å²) in [5, 5.41) is 14.2. The fraction of sp³-hybridized carbons (Fsp3) is 0.429. The minimum Gasteiger partial charge on any atom is -0.396 e. The molecule has 1 atom stereocenters. The van der Waals surface area contributed by atoms with Crippen molar-refractivity contribution in [2.24, 2.45) is 5.41 Å². The minimum atomic E-state index is -2.88. The van der Waals surface area contributed by atoms with Crippen molar-refractivity contribution in [2.45, 2.75) is 26.2 Å². The monoisotopic (exact) mass is 266 g/mol. The average Bonchev–Trinajstić information content (AvgIpc) is 2.88. The second-order valence-corrected chi connectivity index (χ2v) is 4.73. The highest BCUT2D eigenvalue weighted by atomic mass is 19.1. The van der Waals surface area contributed by atoms with E-state index in [2.05, 4.69) is 10.1 Å². The highest BCUT2D eigenvalue weighted by molar-refractivity contribution is 5.54. The molecule has 3 rings (SSSR count). The maximum Gasteiger partial charge on any atom is 0.141 e. The lowest BCUT2D eigenvalue weighted by atomic mass is 9.83. The van der Waals surface area contributed by atoms with Gasteiger partial charge in [0.15, 0.2) is 0 Å². The Morgan fingerprint density at radius 3 is 3.16 bits per heavy atom. The Morgan fingerprint density at radius 2 is 2.47 bits per heavy atom. The number of aliphatic hydroxyl groups is 1. The molecular weight excluding hydrogens is 245 g/mol. The first-order valence-electron chi connectivity index (χ1n) is 8.45. The van der Waals surface area contributed by atoms with Gasteiger partial charge in [0.25, 0.3) is 0 Å². The van der Waals surface area contributed by atoms with Crippen molar-refractivity contribution in [3.8, 4) is 11.4 Å². The zero-order chi connectivity index (χ0) is 17.8. The molecule has 0 bridgehead atoms. The first kappa shape index (κ1) is 7.75. The Labute approximate surface area is 117 Å². The lowest BCUT2D eigenvalue weighted by Crippen LogP contribution is -2.33. The molecule has 0 spiro atoms. The van der Waals surface area contributed by atoms with Crippen molar-refractivity contribution in [1.82, 2.24) is 14.8 Å². The summed E-state index contributed by atoms with van der Waals surface area (Å²) in [5.41, 5.74) is -0.332. The highest BCUT2D eigenvalue weighted by Gasteiger charge is 2.30. The molecule has 0 saturated heterocycles. The van der Waals surface area contributed by atoms with Crippen molar-refractivity contribution in [3.63, 3.8) is 0 Å². The van der Waals surface area contributed by atoms with Crippen molar-refractivity contribution in [2.75, 3.05) is 6.56 Å². The highest BCUT2D eigenvalue weighted by Crippen LogP contribution is 2.32. The summed E-state index contributed by atoms with van der Waals surface area (Å²) in [5.74, 6) is -0.474. The van der Waals surface area contributed by atoms with Gasteiger partial charge in [-0.25, -0.2) is 4.39 Å². The summed E-state index contributed by atoms with van der Waals surface area (Å²) in [6.07, 6.45) is 1.29. The van der Waals surface area contributed by atoms with E-state index in [4.69, 9.17) is 6.85 Å². The first-order chi connectivity index (χ1) is 11.0. The largest absolute Gasteiger partial charge is 0.396 e. The fourth-order valence-corrected chi connectivity index (χ4v) is 2.21. The molecule has 0 fully saturated rings. The second kappa shape index (κ2) is 4.42. The normalized spacial score (nSPS) is 27.6. The predicted molar refractivity (Wildman–Crippen MR) is 68.9 cm³/mol. The Morgan fingerprint density at radius 1 is 1.58 bits per heavy atom. The Bertz CT molecular complexity index is 737. The summed E-state index contributed by atoms with van der Waals surface area (Å²) in [7, 11) is 0. The van der Waals surface area contributed by atoms with Crippen LogP contribution in [0, 0.1) is 11.2 Å². The molecule has 1 N–H and O–H groups in total. The van der Waals surface area contributed by atoms with Crippen molar-refractivity contribution >= 4 is 0 Å². The number of pyridine rings is 1. The van der Waals surface area contributed by atoms with Crippen LogP contribution in [0.15, 0.2) is 24.4 Å². The predicted octanol–water partition coefficient (Wildman–Crippen LogP) is 2.03. The van der Waals surface area contributed by atoms with Crippen molar-refractivity contribution < 1.29 is 16.4 Å². The number of hydrogen-bond acceptors (Lipinski definition) is 3. The van der Waals surface area contributed by atoms with Crippen LogP contribution in [-0.4, -0.2) is 26.4 Å². The van der Waals surface area contributed by atoms with E-state index < -0.39 is 24.6 Å².